The number of imide groups is 1. The van der Waals surface area contributed by atoms with Crippen molar-refractivity contribution in [3.63, 3.8) is 0 Å². The minimum atomic E-state index is -0.912. The molecule has 5 nitrogen and oxygen atoms in total. The van der Waals surface area contributed by atoms with Crippen molar-refractivity contribution >= 4 is 56.8 Å². The molecule has 0 heterocycles. The maximum atomic E-state index is 11.1. The van der Waals surface area contributed by atoms with Crippen molar-refractivity contribution in [1.82, 2.24) is 5.32 Å². The molecule has 0 aliphatic heterocycles. The fourth-order valence-electron chi connectivity index (χ4n) is 1.06. The van der Waals surface area contributed by atoms with Crippen molar-refractivity contribution in [1.29, 1.82) is 0 Å². The summed E-state index contributed by atoms with van der Waals surface area (Å²) in [6.45, 7) is -0.163. The molecule has 0 aliphatic rings. The van der Waals surface area contributed by atoms with Crippen LogP contribution in [0.15, 0.2) is 16.6 Å². The molecule has 0 saturated carbocycles. The van der Waals surface area contributed by atoms with Crippen molar-refractivity contribution in [2.45, 2.75) is 0 Å². The zero-order chi connectivity index (χ0) is 13.0. The minimum Gasteiger partial charge on any atom is -0.374 e. The summed E-state index contributed by atoms with van der Waals surface area (Å²) in [6, 6.07) is 2.34. The number of halogens is 3. The van der Waals surface area contributed by atoms with Crippen LogP contribution in [-0.4, -0.2) is 18.5 Å². The smallest absolute Gasteiger partial charge is 0.318 e. The summed E-state index contributed by atoms with van der Waals surface area (Å²) >= 11 is 15.1. The molecule has 0 unspecified atom stereocenters. The molecule has 0 atom stereocenters. The first-order valence-electron chi connectivity index (χ1n) is 4.38. The Morgan fingerprint density at radius 3 is 2.29 bits per heavy atom. The van der Waals surface area contributed by atoms with Crippen molar-refractivity contribution in [2.24, 2.45) is 5.73 Å². The monoisotopic (exact) mass is 339 g/mol. The lowest BCUT2D eigenvalue weighted by Gasteiger charge is -2.10. The van der Waals surface area contributed by atoms with Gasteiger partial charge in [-0.2, -0.15) is 0 Å². The number of carbonyl (C=O) groups excluding carboxylic acids is 2. The fraction of sp³-hybridized carbons (Fsp3) is 0.111. The Bertz CT molecular complexity index is 445. The van der Waals surface area contributed by atoms with Crippen LogP contribution >= 0.6 is 39.1 Å². The number of nitrogens with two attached hydrogens (primary N) is 1. The van der Waals surface area contributed by atoms with Gasteiger partial charge >= 0.3 is 6.03 Å². The standard InChI is InChI=1S/C9H8BrCl2N3O2/c10-4-1-5(11)8(6(12)2-4)14-3-7(16)15-9(13)17/h1-2,14H,3H2,(H3,13,15,16,17). The van der Waals surface area contributed by atoms with E-state index in [1.165, 1.54) is 0 Å². The third-order valence-electron chi connectivity index (χ3n) is 1.70. The average molecular weight is 341 g/mol. The van der Waals surface area contributed by atoms with Gasteiger partial charge in [0.1, 0.15) is 0 Å². The van der Waals surface area contributed by atoms with E-state index in [0.29, 0.717) is 15.7 Å². The molecule has 0 aliphatic carbocycles. The van der Waals surface area contributed by atoms with Gasteiger partial charge in [-0.1, -0.05) is 39.1 Å². The second kappa shape index (κ2) is 6.09. The SMILES string of the molecule is NC(=O)NC(=O)CNc1c(Cl)cc(Br)cc1Cl. The molecule has 92 valence electrons. The number of nitrogens with one attached hydrogen (secondary N) is 2. The van der Waals surface area contributed by atoms with Gasteiger partial charge in [0.05, 0.1) is 22.3 Å². The number of anilines is 1. The van der Waals surface area contributed by atoms with Crippen LogP contribution in [0.25, 0.3) is 0 Å². The summed E-state index contributed by atoms with van der Waals surface area (Å²) in [5.74, 6) is -0.576. The Morgan fingerprint density at radius 2 is 1.82 bits per heavy atom. The zero-order valence-electron chi connectivity index (χ0n) is 8.39. The molecule has 3 amide bonds. The van der Waals surface area contributed by atoms with Crippen LogP contribution in [0.2, 0.25) is 10.0 Å². The molecule has 0 spiro atoms. The number of urea groups is 1. The van der Waals surface area contributed by atoms with Crippen LogP contribution < -0.4 is 16.4 Å². The number of carbonyl (C=O) groups is 2. The van der Waals surface area contributed by atoms with E-state index in [2.05, 4.69) is 21.2 Å². The summed E-state index contributed by atoms with van der Waals surface area (Å²) in [7, 11) is 0. The van der Waals surface area contributed by atoms with E-state index in [1.807, 2.05) is 5.32 Å². The molecule has 0 bridgehead atoms. The summed E-state index contributed by atoms with van der Waals surface area (Å²) in [6.07, 6.45) is 0. The van der Waals surface area contributed by atoms with Crippen molar-refractivity contribution in [2.75, 3.05) is 11.9 Å². The summed E-state index contributed by atoms with van der Waals surface area (Å²) in [4.78, 5) is 21.6. The van der Waals surface area contributed by atoms with Crippen molar-refractivity contribution < 1.29 is 9.59 Å². The van der Waals surface area contributed by atoms with Crippen LogP contribution in [0.1, 0.15) is 0 Å². The number of hydrogen-bond acceptors (Lipinski definition) is 3. The highest BCUT2D eigenvalue weighted by atomic mass is 79.9. The van der Waals surface area contributed by atoms with Gasteiger partial charge in [0.25, 0.3) is 0 Å². The first-order valence-corrected chi connectivity index (χ1v) is 5.92. The second-order valence-corrected chi connectivity index (χ2v) is 4.74. The van der Waals surface area contributed by atoms with E-state index in [4.69, 9.17) is 28.9 Å². The van der Waals surface area contributed by atoms with Gasteiger partial charge < -0.3 is 11.1 Å². The maximum Gasteiger partial charge on any atom is 0.318 e. The Morgan fingerprint density at radius 1 is 1.29 bits per heavy atom. The fourth-order valence-corrected chi connectivity index (χ4v) is 2.40. The average Bonchev–Trinajstić information content (AvgIpc) is 2.14. The number of rotatable bonds is 3. The molecule has 0 saturated heterocycles. The largest absolute Gasteiger partial charge is 0.374 e. The highest BCUT2D eigenvalue weighted by Crippen LogP contribution is 2.33. The Hall–Kier alpha value is -0.980. The molecule has 0 radical (unpaired) electrons. The van der Waals surface area contributed by atoms with E-state index in [9.17, 15) is 9.59 Å². The number of primary amides is 1. The first-order chi connectivity index (χ1) is 7.90. The second-order valence-electron chi connectivity index (χ2n) is 3.01. The van der Waals surface area contributed by atoms with Crippen molar-refractivity contribution in [3.8, 4) is 0 Å². The van der Waals surface area contributed by atoms with Crippen LogP contribution in [0.4, 0.5) is 10.5 Å². The van der Waals surface area contributed by atoms with Gasteiger partial charge in [-0.3, -0.25) is 10.1 Å². The summed E-state index contributed by atoms with van der Waals surface area (Å²) in [5.41, 5.74) is 5.20. The molecule has 17 heavy (non-hydrogen) atoms. The van der Waals surface area contributed by atoms with Crippen LogP contribution in [-0.2, 0) is 4.79 Å². The van der Waals surface area contributed by atoms with Gasteiger partial charge in [0.2, 0.25) is 5.91 Å². The third-order valence-corrected chi connectivity index (χ3v) is 2.75. The number of amides is 3. The molecule has 8 heteroatoms. The Balaban J connectivity index is 2.70. The molecule has 0 aromatic heterocycles. The van der Waals surface area contributed by atoms with Gasteiger partial charge in [-0.25, -0.2) is 4.79 Å². The van der Waals surface area contributed by atoms with E-state index < -0.39 is 11.9 Å². The van der Waals surface area contributed by atoms with Gasteiger partial charge in [0, 0.05) is 4.47 Å². The van der Waals surface area contributed by atoms with Crippen LogP contribution in [0, 0.1) is 0 Å². The van der Waals surface area contributed by atoms with Crippen LogP contribution in [0.3, 0.4) is 0 Å². The molecule has 1 aromatic rings. The first kappa shape index (κ1) is 14.1. The van der Waals surface area contributed by atoms with E-state index in [-0.39, 0.29) is 6.54 Å². The normalized spacial score (nSPS) is 9.82. The topological polar surface area (TPSA) is 84.2 Å². The lowest BCUT2D eigenvalue weighted by atomic mass is 10.3. The maximum absolute atomic E-state index is 11.1. The zero-order valence-corrected chi connectivity index (χ0v) is 11.5. The van der Waals surface area contributed by atoms with Gasteiger partial charge in [-0.15, -0.1) is 0 Å². The van der Waals surface area contributed by atoms with E-state index in [1.54, 1.807) is 12.1 Å². The van der Waals surface area contributed by atoms with Gasteiger partial charge in [0.15, 0.2) is 0 Å². The summed E-state index contributed by atoms with van der Waals surface area (Å²) in [5, 5.41) is 5.33. The lowest BCUT2D eigenvalue weighted by molar-refractivity contribution is -0.118. The number of hydrogen-bond donors (Lipinski definition) is 3. The molecule has 4 N–H and O–H groups in total. The molecule has 0 fully saturated rings. The third kappa shape index (κ3) is 4.41. The Labute approximate surface area is 116 Å². The highest BCUT2D eigenvalue weighted by molar-refractivity contribution is 9.10. The molecular weight excluding hydrogens is 333 g/mol. The number of benzene rings is 1. The molecule has 1 rings (SSSR count). The Kier molecular flexibility index (Phi) is 5.04. The minimum absolute atomic E-state index is 0.163. The predicted molar refractivity (Wildman–Crippen MR) is 70.4 cm³/mol. The van der Waals surface area contributed by atoms with E-state index in [0.717, 1.165) is 4.47 Å². The predicted octanol–water partition coefficient (Wildman–Crippen LogP) is 2.36. The summed E-state index contributed by atoms with van der Waals surface area (Å²) < 4.78 is 0.722. The van der Waals surface area contributed by atoms with Gasteiger partial charge in [-0.05, 0) is 12.1 Å². The van der Waals surface area contributed by atoms with E-state index >= 15 is 0 Å². The lowest BCUT2D eigenvalue weighted by Crippen LogP contribution is -2.38. The quantitative estimate of drug-likeness (QED) is 0.789. The molecular formula is C9H8BrCl2N3O2. The van der Waals surface area contributed by atoms with Crippen LogP contribution in [0.5, 0.6) is 0 Å². The highest BCUT2D eigenvalue weighted by Gasteiger charge is 2.09. The van der Waals surface area contributed by atoms with Crippen molar-refractivity contribution in [3.05, 3.63) is 26.7 Å². The molecule has 1 aromatic carbocycles.